The maximum atomic E-state index is 12.9. The molecular formula is C33H41N3O4. The number of benzene rings is 3. The molecular weight excluding hydrogens is 502 g/mol. The van der Waals surface area contributed by atoms with Gasteiger partial charge in [-0.1, -0.05) is 60.7 Å². The van der Waals surface area contributed by atoms with Crippen LogP contribution in [0.2, 0.25) is 0 Å². The predicted molar refractivity (Wildman–Crippen MR) is 157 cm³/mol. The van der Waals surface area contributed by atoms with Crippen molar-refractivity contribution in [3.63, 3.8) is 0 Å². The standard InChI is InChI=1S/C33H41N3O4/c1-5-34(6-2)32(37)28-19-17-27(18-20-28)30(31(33(38)39)40-29-15-11-8-12-16-29)36-22-24(3)35(21-25(36)4)23-26-13-9-7-10-14-26/h7-20,24-25,30-31H,5-6,21-23H2,1-4H3,(H,38,39)/t24-,25+,30?,31-/m1/s1. The number of para-hydroxylation sites is 1. The molecule has 0 saturated carbocycles. The van der Waals surface area contributed by atoms with E-state index in [4.69, 9.17) is 4.74 Å². The van der Waals surface area contributed by atoms with Gasteiger partial charge >= 0.3 is 5.97 Å². The van der Waals surface area contributed by atoms with Gasteiger partial charge in [0, 0.05) is 50.4 Å². The lowest BCUT2D eigenvalue weighted by Gasteiger charge is -2.48. The number of hydrogen-bond acceptors (Lipinski definition) is 5. The Morgan fingerprint density at radius 3 is 2.05 bits per heavy atom. The summed E-state index contributed by atoms with van der Waals surface area (Å²) >= 11 is 0. The SMILES string of the molecule is CCN(CC)C(=O)c1ccc(C([C@@H](Oc2ccccc2)C(=O)O)N2C[C@@H](C)N(Cc3ccccc3)C[C@@H]2C)cc1. The number of carboxylic acids is 1. The molecule has 1 amide bonds. The van der Waals surface area contributed by atoms with Gasteiger partial charge in [0.1, 0.15) is 5.75 Å². The van der Waals surface area contributed by atoms with Gasteiger partial charge in [0.15, 0.2) is 0 Å². The molecule has 1 unspecified atom stereocenters. The van der Waals surface area contributed by atoms with Gasteiger partial charge in [-0.25, -0.2) is 4.79 Å². The van der Waals surface area contributed by atoms with Crippen molar-refractivity contribution in [3.8, 4) is 5.75 Å². The van der Waals surface area contributed by atoms with Crippen LogP contribution in [-0.2, 0) is 11.3 Å². The number of aliphatic carboxylic acids is 1. The summed E-state index contributed by atoms with van der Waals surface area (Å²) in [7, 11) is 0. The number of rotatable bonds is 11. The molecule has 1 N–H and O–H groups in total. The van der Waals surface area contributed by atoms with E-state index in [1.54, 1.807) is 17.0 Å². The third-order valence-corrected chi connectivity index (χ3v) is 7.84. The summed E-state index contributed by atoms with van der Waals surface area (Å²) < 4.78 is 6.17. The van der Waals surface area contributed by atoms with Crippen molar-refractivity contribution in [2.24, 2.45) is 0 Å². The predicted octanol–water partition coefficient (Wildman–Crippen LogP) is 5.34. The quantitative estimate of drug-likeness (QED) is 0.352. The van der Waals surface area contributed by atoms with E-state index < -0.39 is 18.1 Å². The molecule has 4 atom stereocenters. The maximum Gasteiger partial charge on any atom is 0.346 e. The van der Waals surface area contributed by atoms with Crippen LogP contribution in [0.15, 0.2) is 84.9 Å². The first kappa shape index (κ1) is 29.3. The Kier molecular flexibility index (Phi) is 9.96. The fourth-order valence-corrected chi connectivity index (χ4v) is 5.60. The van der Waals surface area contributed by atoms with Crippen LogP contribution in [0, 0.1) is 0 Å². The molecule has 40 heavy (non-hydrogen) atoms. The average molecular weight is 544 g/mol. The van der Waals surface area contributed by atoms with Crippen LogP contribution in [0.1, 0.15) is 55.2 Å². The largest absolute Gasteiger partial charge is 0.478 e. The summed E-state index contributed by atoms with van der Waals surface area (Å²) in [6.45, 7) is 11.9. The normalized spacial score (nSPS) is 19.5. The molecule has 0 aliphatic carbocycles. The van der Waals surface area contributed by atoms with Gasteiger partial charge in [0.05, 0.1) is 6.04 Å². The summed E-state index contributed by atoms with van der Waals surface area (Å²) in [6.07, 6.45) is -1.14. The van der Waals surface area contributed by atoms with Crippen LogP contribution in [0.25, 0.3) is 0 Å². The first-order chi connectivity index (χ1) is 19.3. The van der Waals surface area contributed by atoms with Crippen molar-refractivity contribution < 1.29 is 19.4 Å². The lowest BCUT2D eigenvalue weighted by atomic mass is 9.94. The van der Waals surface area contributed by atoms with Crippen LogP contribution in [0.4, 0.5) is 0 Å². The van der Waals surface area contributed by atoms with Crippen LogP contribution >= 0.6 is 0 Å². The molecule has 3 aromatic carbocycles. The molecule has 0 bridgehead atoms. The second-order valence-electron chi connectivity index (χ2n) is 10.5. The highest BCUT2D eigenvalue weighted by atomic mass is 16.5. The van der Waals surface area contributed by atoms with Crippen molar-refractivity contribution in [2.45, 2.75) is 58.5 Å². The third-order valence-electron chi connectivity index (χ3n) is 7.84. The molecule has 1 saturated heterocycles. The minimum absolute atomic E-state index is 0.0278. The van der Waals surface area contributed by atoms with Gasteiger partial charge in [-0.15, -0.1) is 0 Å². The molecule has 0 radical (unpaired) electrons. The zero-order valence-corrected chi connectivity index (χ0v) is 23.9. The zero-order chi connectivity index (χ0) is 28.6. The Bertz CT molecular complexity index is 1230. The van der Waals surface area contributed by atoms with Gasteiger partial charge in [-0.05, 0) is 63.1 Å². The molecule has 1 aliphatic rings. The Labute approximate surface area is 238 Å². The summed E-state index contributed by atoms with van der Waals surface area (Å²) in [5.41, 5.74) is 2.67. The first-order valence-corrected chi connectivity index (χ1v) is 14.2. The highest BCUT2D eigenvalue weighted by Crippen LogP contribution is 2.33. The van der Waals surface area contributed by atoms with E-state index in [1.165, 1.54) is 5.56 Å². The fraction of sp³-hybridized carbons (Fsp3) is 0.394. The molecule has 1 aliphatic heterocycles. The van der Waals surface area contributed by atoms with Crippen molar-refractivity contribution in [2.75, 3.05) is 26.2 Å². The number of nitrogens with zero attached hydrogens (tertiary/aromatic N) is 3. The molecule has 0 spiro atoms. The molecule has 7 nitrogen and oxygen atoms in total. The lowest BCUT2D eigenvalue weighted by molar-refractivity contribution is -0.150. The molecule has 4 rings (SSSR count). The number of amides is 1. The smallest absolute Gasteiger partial charge is 0.346 e. The summed E-state index contributed by atoms with van der Waals surface area (Å²) in [6, 6.07) is 26.7. The summed E-state index contributed by atoms with van der Waals surface area (Å²) in [4.78, 5) is 32.2. The van der Waals surface area contributed by atoms with Crippen molar-refractivity contribution in [1.82, 2.24) is 14.7 Å². The van der Waals surface area contributed by atoms with Crippen molar-refractivity contribution in [3.05, 3.63) is 102 Å². The van der Waals surface area contributed by atoms with E-state index in [9.17, 15) is 14.7 Å². The zero-order valence-electron chi connectivity index (χ0n) is 23.9. The number of hydrogen-bond donors (Lipinski definition) is 1. The fourth-order valence-electron chi connectivity index (χ4n) is 5.60. The Balaban J connectivity index is 1.66. The molecule has 3 aromatic rings. The van der Waals surface area contributed by atoms with E-state index >= 15 is 0 Å². The topological polar surface area (TPSA) is 73.3 Å². The second-order valence-corrected chi connectivity index (χ2v) is 10.5. The number of carbonyl (C=O) groups is 2. The van der Waals surface area contributed by atoms with Crippen molar-refractivity contribution in [1.29, 1.82) is 0 Å². The number of carbonyl (C=O) groups excluding carboxylic acids is 1. The average Bonchev–Trinajstić information content (AvgIpc) is 2.97. The molecule has 7 heteroatoms. The number of ether oxygens (including phenoxy) is 1. The van der Waals surface area contributed by atoms with E-state index in [2.05, 4.69) is 47.9 Å². The number of carboxylic acid groups (broad SMARTS) is 1. The van der Waals surface area contributed by atoms with Gasteiger partial charge in [0.25, 0.3) is 5.91 Å². The monoisotopic (exact) mass is 543 g/mol. The summed E-state index contributed by atoms with van der Waals surface area (Å²) in [5.74, 6) is -0.541. The van der Waals surface area contributed by atoms with Crippen molar-refractivity contribution >= 4 is 11.9 Å². The molecule has 0 aromatic heterocycles. The summed E-state index contributed by atoms with van der Waals surface area (Å²) in [5, 5.41) is 10.5. The highest BCUT2D eigenvalue weighted by molar-refractivity contribution is 5.94. The third kappa shape index (κ3) is 6.90. The van der Waals surface area contributed by atoms with Gasteiger partial charge < -0.3 is 14.7 Å². The van der Waals surface area contributed by atoms with Crippen LogP contribution < -0.4 is 4.74 Å². The van der Waals surface area contributed by atoms with E-state index in [-0.39, 0.29) is 18.0 Å². The van der Waals surface area contributed by atoms with Crippen LogP contribution in [-0.4, -0.2) is 76.0 Å². The van der Waals surface area contributed by atoms with E-state index in [0.29, 0.717) is 30.9 Å². The Hall–Kier alpha value is -3.68. The maximum absolute atomic E-state index is 12.9. The number of piperazine rings is 1. The van der Waals surface area contributed by atoms with E-state index in [0.717, 1.165) is 18.7 Å². The molecule has 1 heterocycles. The first-order valence-electron chi connectivity index (χ1n) is 14.2. The van der Waals surface area contributed by atoms with Gasteiger partial charge in [0.2, 0.25) is 6.10 Å². The highest BCUT2D eigenvalue weighted by Gasteiger charge is 2.42. The lowest BCUT2D eigenvalue weighted by Crippen LogP contribution is -2.59. The van der Waals surface area contributed by atoms with Gasteiger partial charge in [-0.3, -0.25) is 14.6 Å². The molecule has 212 valence electrons. The second kappa shape index (κ2) is 13.6. The molecule has 1 fully saturated rings. The minimum Gasteiger partial charge on any atom is -0.478 e. The minimum atomic E-state index is -1.14. The Morgan fingerprint density at radius 1 is 0.875 bits per heavy atom. The van der Waals surface area contributed by atoms with E-state index in [1.807, 2.05) is 62.4 Å². The van der Waals surface area contributed by atoms with Crippen LogP contribution in [0.3, 0.4) is 0 Å². The van der Waals surface area contributed by atoms with Gasteiger partial charge in [-0.2, -0.15) is 0 Å². The van der Waals surface area contributed by atoms with Crippen LogP contribution in [0.5, 0.6) is 5.75 Å². The Morgan fingerprint density at radius 2 is 1.48 bits per heavy atom.